The molecule has 1 aromatic carbocycles. The van der Waals surface area contributed by atoms with Gasteiger partial charge >= 0.3 is 5.97 Å². The average Bonchev–Trinajstić information content (AvgIpc) is 3.31. The number of carbonyl (C=O) groups excluding carboxylic acids is 1. The van der Waals surface area contributed by atoms with Crippen LogP contribution in [0.3, 0.4) is 0 Å². The first-order valence-corrected chi connectivity index (χ1v) is 10.1. The zero-order valence-corrected chi connectivity index (χ0v) is 16.6. The lowest BCUT2D eigenvalue weighted by atomic mass is 10.0. The van der Waals surface area contributed by atoms with Gasteiger partial charge < -0.3 is 4.74 Å². The molecule has 0 fully saturated rings. The third-order valence-corrected chi connectivity index (χ3v) is 6.34. The largest absolute Gasteiger partial charge is 0.466 e. The quantitative estimate of drug-likeness (QED) is 0.619. The summed E-state index contributed by atoms with van der Waals surface area (Å²) in [6.45, 7) is 1.72. The Kier molecular flexibility index (Phi) is 4.82. The third-order valence-electron chi connectivity index (χ3n) is 4.43. The number of ether oxygens (including phenoxy) is 1. The fourth-order valence-corrected chi connectivity index (χ4v) is 5.00. The van der Waals surface area contributed by atoms with Crippen LogP contribution in [0.25, 0.3) is 6.08 Å². The molecule has 5 nitrogen and oxygen atoms in total. The van der Waals surface area contributed by atoms with Crippen molar-refractivity contribution in [2.24, 2.45) is 4.99 Å². The first-order chi connectivity index (χ1) is 13.5. The number of methoxy groups -OCH3 is 1. The standard InChI is InChI=1S/C20H15FN2O3S2/c1-11-16(19(25)26-2)17(14-8-5-9-27-14)23-18(24)15(28-20(23)22-11)10-12-6-3-4-7-13(12)21/h3-10,17H,1-2H3/b15-10+. The Hall–Kier alpha value is -2.84. The number of carbonyl (C=O) groups is 1. The maximum Gasteiger partial charge on any atom is 0.338 e. The molecule has 4 rings (SSSR count). The van der Waals surface area contributed by atoms with E-state index in [1.54, 1.807) is 25.1 Å². The van der Waals surface area contributed by atoms with Crippen molar-refractivity contribution < 1.29 is 13.9 Å². The van der Waals surface area contributed by atoms with E-state index in [1.165, 1.54) is 46.5 Å². The van der Waals surface area contributed by atoms with Crippen LogP contribution in [-0.4, -0.2) is 17.6 Å². The van der Waals surface area contributed by atoms with Gasteiger partial charge in [-0.15, -0.1) is 11.3 Å². The Morgan fingerprint density at radius 1 is 1.29 bits per heavy atom. The third kappa shape index (κ3) is 3.04. The Morgan fingerprint density at radius 2 is 2.07 bits per heavy atom. The topological polar surface area (TPSA) is 60.7 Å². The molecule has 0 bridgehead atoms. The lowest BCUT2D eigenvalue weighted by Crippen LogP contribution is -2.39. The number of nitrogens with zero attached hydrogens (tertiary/aromatic N) is 2. The summed E-state index contributed by atoms with van der Waals surface area (Å²) >= 11 is 2.61. The van der Waals surface area contributed by atoms with Crippen LogP contribution in [0.5, 0.6) is 0 Å². The van der Waals surface area contributed by atoms with Crippen molar-refractivity contribution >= 4 is 34.7 Å². The normalized spacial score (nSPS) is 16.7. The summed E-state index contributed by atoms with van der Waals surface area (Å²) in [5.74, 6) is -0.933. The number of aromatic nitrogens is 1. The molecule has 3 aromatic rings. The van der Waals surface area contributed by atoms with Crippen LogP contribution in [0.15, 0.2) is 62.8 Å². The van der Waals surface area contributed by atoms with Gasteiger partial charge in [0.05, 0.1) is 22.9 Å². The van der Waals surface area contributed by atoms with E-state index >= 15 is 0 Å². The van der Waals surface area contributed by atoms with Gasteiger partial charge in [0.1, 0.15) is 11.9 Å². The summed E-state index contributed by atoms with van der Waals surface area (Å²) in [5, 5.41) is 1.88. The number of fused-ring (bicyclic) bond motifs is 1. The molecule has 8 heteroatoms. The molecule has 0 aliphatic carbocycles. The molecule has 1 aliphatic rings. The first kappa shape index (κ1) is 18.5. The van der Waals surface area contributed by atoms with Gasteiger partial charge in [0.15, 0.2) is 4.80 Å². The molecular formula is C20H15FN2O3S2. The number of hydrogen-bond acceptors (Lipinski definition) is 6. The van der Waals surface area contributed by atoms with Crippen molar-refractivity contribution in [3.05, 3.63) is 89.0 Å². The molecule has 0 spiro atoms. The second-order valence-electron chi connectivity index (χ2n) is 6.11. The Morgan fingerprint density at radius 3 is 2.75 bits per heavy atom. The summed E-state index contributed by atoms with van der Waals surface area (Å²) in [7, 11) is 1.30. The maximum atomic E-state index is 14.0. The van der Waals surface area contributed by atoms with Gasteiger partial charge in [-0.1, -0.05) is 35.6 Å². The Labute approximate surface area is 167 Å². The molecule has 142 valence electrons. The zero-order valence-electron chi connectivity index (χ0n) is 15.0. The highest BCUT2D eigenvalue weighted by molar-refractivity contribution is 7.10. The Bertz CT molecular complexity index is 1270. The second-order valence-corrected chi connectivity index (χ2v) is 8.10. The minimum atomic E-state index is -0.619. The number of thiazole rings is 1. The van der Waals surface area contributed by atoms with Gasteiger partial charge in [0.2, 0.25) is 0 Å². The molecule has 2 aromatic heterocycles. The second kappa shape index (κ2) is 7.29. The molecule has 1 atom stereocenters. The van der Waals surface area contributed by atoms with E-state index in [9.17, 15) is 14.0 Å². The van der Waals surface area contributed by atoms with E-state index < -0.39 is 17.8 Å². The average molecular weight is 414 g/mol. The number of halogens is 1. The Balaban J connectivity index is 1.99. The molecule has 1 unspecified atom stereocenters. The highest BCUT2D eigenvalue weighted by atomic mass is 32.1. The molecular weight excluding hydrogens is 399 g/mol. The van der Waals surface area contributed by atoms with Gasteiger partial charge in [0.25, 0.3) is 5.56 Å². The lowest BCUT2D eigenvalue weighted by Gasteiger charge is -2.22. The molecule has 0 radical (unpaired) electrons. The molecule has 0 saturated carbocycles. The summed E-state index contributed by atoms with van der Waals surface area (Å²) in [6, 6.07) is 9.36. The van der Waals surface area contributed by atoms with Crippen LogP contribution in [0.1, 0.15) is 23.4 Å². The molecule has 28 heavy (non-hydrogen) atoms. The van der Waals surface area contributed by atoms with Crippen LogP contribution < -0.4 is 14.9 Å². The van der Waals surface area contributed by atoms with Gasteiger partial charge in [-0.05, 0) is 30.5 Å². The summed E-state index contributed by atoms with van der Waals surface area (Å²) in [5.41, 5.74) is 0.836. The van der Waals surface area contributed by atoms with Crippen LogP contribution in [0.2, 0.25) is 0 Å². The van der Waals surface area contributed by atoms with Crippen LogP contribution in [0, 0.1) is 5.82 Å². The SMILES string of the molecule is COC(=O)C1=C(C)N=c2s/c(=C/c3ccccc3F)c(=O)n2C1c1cccs1. The molecule has 1 aliphatic heterocycles. The lowest BCUT2D eigenvalue weighted by molar-refractivity contribution is -0.136. The smallest absolute Gasteiger partial charge is 0.338 e. The van der Waals surface area contributed by atoms with E-state index in [2.05, 4.69) is 4.99 Å². The molecule has 0 N–H and O–H groups in total. The van der Waals surface area contributed by atoms with Gasteiger partial charge in [-0.2, -0.15) is 0 Å². The summed E-state index contributed by atoms with van der Waals surface area (Å²) in [4.78, 5) is 31.4. The highest BCUT2D eigenvalue weighted by Crippen LogP contribution is 2.32. The van der Waals surface area contributed by atoms with E-state index in [0.717, 1.165) is 4.88 Å². The number of thiophene rings is 1. The van der Waals surface area contributed by atoms with E-state index in [1.807, 2.05) is 17.5 Å². The minimum Gasteiger partial charge on any atom is -0.466 e. The highest BCUT2D eigenvalue weighted by Gasteiger charge is 2.33. The summed E-state index contributed by atoms with van der Waals surface area (Å²) < 4.78 is 20.8. The van der Waals surface area contributed by atoms with Crippen LogP contribution in [-0.2, 0) is 9.53 Å². The van der Waals surface area contributed by atoms with E-state index in [4.69, 9.17) is 4.74 Å². The van der Waals surface area contributed by atoms with Crippen LogP contribution in [0.4, 0.5) is 4.39 Å². The van der Waals surface area contributed by atoms with Gasteiger partial charge in [-0.3, -0.25) is 9.36 Å². The van der Waals surface area contributed by atoms with Crippen LogP contribution >= 0.6 is 22.7 Å². The predicted molar refractivity (Wildman–Crippen MR) is 107 cm³/mol. The fraction of sp³-hybridized carbons (Fsp3) is 0.150. The van der Waals surface area contributed by atoms with Crippen molar-refractivity contribution in [3.8, 4) is 0 Å². The molecule has 0 saturated heterocycles. The molecule has 0 amide bonds. The number of rotatable bonds is 3. The van der Waals surface area contributed by atoms with E-state index in [-0.39, 0.29) is 5.56 Å². The van der Waals surface area contributed by atoms with Crippen molar-refractivity contribution in [1.82, 2.24) is 4.57 Å². The number of benzene rings is 1. The van der Waals surface area contributed by atoms with E-state index in [0.29, 0.717) is 26.2 Å². The van der Waals surface area contributed by atoms with Gasteiger partial charge in [-0.25, -0.2) is 14.2 Å². The minimum absolute atomic E-state index is 0.320. The van der Waals surface area contributed by atoms with Crippen molar-refractivity contribution in [3.63, 3.8) is 0 Å². The molecule has 3 heterocycles. The van der Waals surface area contributed by atoms with Crippen molar-refractivity contribution in [2.45, 2.75) is 13.0 Å². The first-order valence-electron chi connectivity index (χ1n) is 8.40. The zero-order chi connectivity index (χ0) is 19.8. The maximum absolute atomic E-state index is 14.0. The number of allylic oxidation sites excluding steroid dienone is 1. The predicted octanol–water partition coefficient (Wildman–Crippen LogP) is 2.61. The summed E-state index contributed by atoms with van der Waals surface area (Å²) in [6.07, 6.45) is 1.52. The number of esters is 1. The van der Waals surface area contributed by atoms with Gasteiger partial charge in [0, 0.05) is 10.4 Å². The van der Waals surface area contributed by atoms with Crippen molar-refractivity contribution in [1.29, 1.82) is 0 Å². The number of hydrogen-bond donors (Lipinski definition) is 0. The van der Waals surface area contributed by atoms with Crippen molar-refractivity contribution in [2.75, 3.05) is 7.11 Å². The fourth-order valence-electron chi connectivity index (χ4n) is 3.14. The monoisotopic (exact) mass is 414 g/mol.